The Balaban J connectivity index is 2.28. The summed E-state index contributed by atoms with van der Waals surface area (Å²) in [5, 5.41) is 14.4. The Kier molecular flexibility index (Phi) is 6.56. The highest BCUT2D eigenvalue weighted by atomic mass is 16.4. The van der Waals surface area contributed by atoms with Crippen LogP contribution in [0.5, 0.6) is 0 Å². The summed E-state index contributed by atoms with van der Waals surface area (Å²) in [6.07, 6.45) is 1.56. The molecule has 0 aliphatic rings. The van der Waals surface area contributed by atoms with Crippen LogP contribution in [0.1, 0.15) is 36.2 Å². The number of nitrogens with one attached hydrogen (secondary N) is 2. The number of carboxylic acids is 1. The molecule has 0 aliphatic carbocycles. The van der Waals surface area contributed by atoms with Gasteiger partial charge >= 0.3 is 12.0 Å². The highest BCUT2D eigenvalue weighted by Gasteiger charge is 2.04. The molecule has 0 atom stereocenters. The molecule has 5 heteroatoms. The Labute approximate surface area is 119 Å². The van der Waals surface area contributed by atoms with E-state index in [1.54, 1.807) is 18.2 Å². The van der Waals surface area contributed by atoms with E-state index in [1.807, 2.05) is 6.07 Å². The fourth-order valence-corrected chi connectivity index (χ4v) is 1.72. The van der Waals surface area contributed by atoms with Gasteiger partial charge in [-0.1, -0.05) is 26.0 Å². The van der Waals surface area contributed by atoms with Gasteiger partial charge in [-0.25, -0.2) is 9.59 Å². The predicted molar refractivity (Wildman–Crippen MR) is 78.0 cm³/mol. The van der Waals surface area contributed by atoms with Crippen molar-refractivity contribution in [1.82, 2.24) is 10.6 Å². The molecule has 0 unspecified atom stereocenters. The maximum absolute atomic E-state index is 11.5. The van der Waals surface area contributed by atoms with E-state index in [0.29, 0.717) is 25.4 Å². The second-order valence-electron chi connectivity index (χ2n) is 5.12. The van der Waals surface area contributed by atoms with Crippen LogP contribution in [0.25, 0.3) is 0 Å². The van der Waals surface area contributed by atoms with Gasteiger partial charge in [-0.2, -0.15) is 0 Å². The van der Waals surface area contributed by atoms with Crippen LogP contribution in [0.4, 0.5) is 4.79 Å². The summed E-state index contributed by atoms with van der Waals surface area (Å²) in [6, 6.07) is 6.56. The number of aromatic carboxylic acids is 1. The lowest BCUT2D eigenvalue weighted by atomic mass is 10.1. The Morgan fingerprint density at radius 3 is 2.55 bits per heavy atom. The Morgan fingerprint density at radius 2 is 1.90 bits per heavy atom. The van der Waals surface area contributed by atoms with Crippen molar-refractivity contribution in [3.8, 4) is 0 Å². The van der Waals surface area contributed by atoms with Crippen LogP contribution >= 0.6 is 0 Å². The van der Waals surface area contributed by atoms with Crippen LogP contribution in [0.3, 0.4) is 0 Å². The second kappa shape index (κ2) is 8.19. The summed E-state index contributed by atoms with van der Waals surface area (Å²) in [4.78, 5) is 22.3. The molecule has 1 rings (SSSR count). The molecule has 0 spiro atoms. The van der Waals surface area contributed by atoms with Crippen molar-refractivity contribution in [1.29, 1.82) is 0 Å². The van der Waals surface area contributed by atoms with Crippen LogP contribution in [-0.2, 0) is 6.42 Å². The molecule has 20 heavy (non-hydrogen) atoms. The molecule has 1 aromatic carbocycles. The van der Waals surface area contributed by atoms with Gasteiger partial charge in [-0.3, -0.25) is 0 Å². The van der Waals surface area contributed by atoms with Gasteiger partial charge in [0.15, 0.2) is 0 Å². The van der Waals surface area contributed by atoms with E-state index >= 15 is 0 Å². The number of hydrogen-bond donors (Lipinski definition) is 3. The molecule has 2 amide bonds. The van der Waals surface area contributed by atoms with Crippen molar-refractivity contribution in [2.24, 2.45) is 5.92 Å². The van der Waals surface area contributed by atoms with Gasteiger partial charge in [0, 0.05) is 13.1 Å². The van der Waals surface area contributed by atoms with E-state index in [1.165, 1.54) is 0 Å². The van der Waals surface area contributed by atoms with E-state index in [4.69, 9.17) is 5.11 Å². The molecule has 0 saturated carbocycles. The lowest BCUT2D eigenvalue weighted by molar-refractivity contribution is 0.0696. The highest BCUT2D eigenvalue weighted by molar-refractivity contribution is 5.87. The molecule has 3 N–H and O–H groups in total. The average molecular weight is 278 g/mol. The largest absolute Gasteiger partial charge is 0.478 e. The molecule has 0 fully saturated rings. The summed E-state index contributed by atoms with van der Waals surface area (Å²) in [6.45, 7) is 5.36. The number of benzene rings is 1. The maximum Gasteiger partial charge on any atom is 0.335 e. The number of urea groups is 1. The summed E-state index contributed by atoms with van der Waals surface area (Å²) in [5.41, 5.74) is 1.16. The first-order valence-electron chi connectivity index (χ1n) is 6.83. The van der Waals surface area contributed by atoms with Crippen molar-refractivity contribution in [2.75, 3.05) is 13.1 Å². The third-order valence-electron chi connectivity index (χ3n) is 2.88. The monoisotopic (exact) mass is 278 g/mol. The third kappa shape index (κ3) is 6.22. The molecular formula is C15H22N2O3. The summed E-state index contributed by atoms with van der Waals surface area (Å²) < 4.78 is 0. The SMILES string of the molecule is CC(C)CCNC(=O)NCCc1cccc(C(=O)O)c1. The van der Waals surface area contributed by atoms with Crippen LogP contribution in [0.2, 0.25) is 0 Å². The first-order valence-corrected chi connectivity index (χ1v) is 6.83. The van der Waals surface area contributed by atoms with Crippen LogP contribution in [0, 0.1) is 5.92 Å². The molecule has 0 saturated heterocycles. The molecular weight excluding hydrogens is 256 g/mol. The minimum atomic E-state index is -0.939. The fraction of sp³-hybridized carbons (Fsp3) is 0.467. The average Bonchev–Trinajstić information content (AvgIpc) is 2.38. The first-order chi connectivity index (χ1) is 9.49. The van der Waals surface area contributed by atoms with Crippen molar-refractivity contribution in [3.05, 3.63) is 35.4 Å². The minimum Gasteiger partial charge on any atom is -0.478 e. The van der Waals surface area contributed by atoms with Gasteiger partial charge in [0.25, 0.3) is 0 Å². The van der Waals surface area contributed by atoms with Gasteiger partial charge in [-0.05, 0) is 36.5 Å². The zero-order valence-electron chi connectivity index (χ0n) is 12.0. The zero-order chi connectivity index (χ0) is 15.0. The molecule has 0 bridgehead atoms. The number of carbonyl (C=O) groups excluding carboxylic acids is 1. The van der Waals surface area contributed by atoms with Gasteiger partial charge in [0.05, 0.1) is 5.56 Å². The molecule has 5 nitrogen and oxygen atoms in total. The Bertz CT molecular complexity index is 458. The van der Waals surface area contributed by atoms with Crippen LogP contribution < -0.4 is 10.6 Å². The Hall–Kier alpha value is -2.04. The molecule has 1 aromatic rings. The standard InChI is InChI=1S/C15H22N2O3/c1-11(2)6-8-16-15(20)17-9-7-12-4-3-5-13(10-12)14(18)19/h3-5,10-11H,6-9H2,1-2H3,(H,18,19)(H2,16,17,20). The van der Waals surface area contributed by atoms with Gasteiger partial charge in [0.1, 0.15) is 0 Å². The van der Waals surface area contributed by atoms with Gasteiger partial charge in [0.2, 0.25) is 0 Å². The quantitative estimate of drug-likeness (QED) is 0.716. The van der Waals surface area contributed by atoms with Crippen LogP contribution in [0.15, 0.2) is 24.3 Å². The van der Waals surface area contributed by atoms with Crippen LogP contribution in [-0.4, -0.2) is 30.2 Å². The predicted octanol–water partition coefficient (Wildman–Crippen LogP) is 2.27. The number of carboxylic acid groups (broad SMARTS) is 1. The van der Waals surface area contributed by atoms with E-state index < -0.39 is 5.97 Å². The topological polar surface area (TPSA) is 78.4 Å². The number of amides is 2. The van der Waals surface area contributed by atoms with Crippen molar-refractivity contribution in [3.63, 3.8) is 0 Å². The summed E-state index contributed by atoms with van der Waals surface area (Å²) in [5.74, 6) is -0.375. The molecule has 0 aromatic heterocycles. The number of carbonyl (C=O) groups is 2. The summed E-state index contributed by atoms with van der Waals surface area (Å²) >= 11 is 0. The fourth-order valence-electron chi connectivity index (χ4n) is 1.72. The van der Waals surface area contributed by atoms with Gasteiger partial charge < -0.3 is 15.7 Å². The maximum atomic E-state index is 11.5. The third-order valence-corrected chi connectivity index (χ3v) is 2.88. The van der Waals surface area contributed by atoms with E-state index in [2.05, 4.69) is 24.5 Å². The molecule has 0 heterocycles. The molecule has 0 aliphatic heterocycles. The lowest BCUT2D eigenvalue weighted by Crippen LogP contribution is -2.37. The normalized spacial score (nSPS) is 10.3. The number of rotatable bonds is 7. The smallest absolute Gasteiger partial charge is 0.335 e. The first kappa shape index (κ1) is 16.0. The van der Waals surface area contributed by atoms with E-state index in [-0.39, 0.29) is 11.6 Å². The Morgan fingerprint density at radius 1 is 1.20 bits per heavy atom. The van der Waals surface area contributed by atoms with Crippen molar-refractivity contribution >= 4 is 12.0 Å². The number of hydrogen-bond acceptors (Lipinski definition) is 2. The second-order valence-corrected chi connectivity index (χ2v) is 5.12. The van der Waals surface area contributed by atoms with Crippen molar-refractivity contribution < 1.29 is 14.7 Å². The van der Waals surface area contributed by atoms with E-state index in [9.17, 15) is 9.59 Å². The molecule has 110 valence electrons. The van der Waals surface area contributed by atoms with Gasteiger partial charge in [-0.15, -0.1) is 0 Å². The summed E-state index contributed by atoms with van der Waals surface area (Å²) in [7, 11) is 0. The highest BCUT2D eigenvalue weighted by Crippen LogP contribution is 2.05. The van der Waals surface area contributed by atoms with E-state index in [0.717, 1.165) is 12.0 Å². The zero-order valence-corrected chi connectivity index (χ0v) is 12.0. The van der Waals surface area contributed by atoms with Crippen molar-refractivity contribution in [2.45, 2.75) is 26.7 Å². The minimum absolute atomic E-state index is 0.181. The molecule has 0 radical (unpaired) electrons. The lowest BCUT2D eigenvalue weighted by Gasteiger charge is -2.09.